The molecule has 1 aliphatic rings. The van der Waals surface area contributed by atoms with Gasteiger partial charge in [0.2, 0.25) is 5.95 Å². The Labute approximate surface area is 172 Å². The van der Waals surface area contributed by atoms with E-state index in [1.54, 1.807) is 7.11 Å². The standard InChI is InChI=1S/C21H17ClN6O/c1-13-18(11-23)20(24-16-7-9-17(29-2)10-8-16)25-21-27-26-19(12-28(13)21)14-3-5-15(22)6-4-14/h3-10H,12H2,1-2H3,(H,24,25,27). The van der Waals surface area contributed by atoms with Crippen molar-refractivity contribution in [2.45, 2.75) is 13.5 Å². The second-order valence-electron chi connectivity index (χ2n) is 6.40. The van der Waals surface area contributed by atoms with Crippen LogP contribution in [0.15, 0.2) is 58.6 Å². The zero-order valence-corrected chi connectivity index (χ0v) is 16.6. The van der Waals surface area contributed by atoms with Crippen molar-refractivity contribution in [3.05, 3.63) is 75.9 Å². The highest BCUT2D eigenvalue weighted by atomic mass is 35.5. The van der Waals surface area contributed by atoms with Crippen LogP contribution in [0.5, 0.6) is 5.75 Å². The SMILES string of the molecule is COc1ccc(N=c2nc3n(c(C)c2C#N)CC(c2ccc(Cl)cc2)=NN3)cc1. The number of ether oxygens (including phenoxy) is 1. The van der Waals surface area contributed by atoms with Gasteiger partial charge in [0.05, 0.1) is 25.1 Å². The van der Waals surface area contributed by atoms with E-state index in [2.05, 4.69) is 26.6 Å². The Kier molecular flexibility index (Phi) is 5.02. The highest BCUT2D eigenvalue weighted by Crippen LogP contribution is 2.20. The quantitative estimate of drug-likeness (QED) is 0.719. The molecule has 1 N–H and O–H groups in total. The third kappa shape index (κ3) is 3.71. The predicted molar refractivity (Wildman–Crippen MR) is 112 cm³/mol. The molecule has 0 saturated carbocycles. The normalized spacial score (nSPS) is 13.2. The van der Waals surface area contributed by atoms with Gasteiger partial charge in [-0.05, 0) is 48.9 Å². The molecule has 29 heavy (non-hydrogen) atoms. The van der Waals surface area contributed by atoms with E-state index in [1.807, 2.05) is 60.0 Å². The first-order valence-electron chi connectivity index (χ1n) is 8.88. The van der Waals surface area contributed by atoms with Crippen LogP contribution >= 0.6 is 11.6 Å². The average Bonchev–Trinajstić information content (AvgIpc) is 2.75. The predicted octanol–water partition coefficient (Wildman–Crippen LogP) is 3.79. The monoisotopic (exact) mass is 404 g/mol. The highest BCUT2D eigenvalue weighted by Gasteiger charge is 2.19. The molecule has 0 fully saturated rings. The fourth-order valence-corrected chi connectivity index (χ4v) is 3.17. The minimum absolute atomic E-state index is 0.346. The Morgan fingerprint density at radius 3 is 2.55 bits per heavy atom. The number of aromatic nitrogens is 2. The Bertz CT molecular complexity index is 1200. The van der Waals surface area contributed by atoms with Gasteiger partial charge in [0.1, 0.15) is 17.4 Å². The zero-order chi connectivity index (χ0) is 20.4. The van der Waals surface area contributed by atoms with Crippen molar-refractivity contribution in [2.75, 3.05) is 12.5 Å². The van der Waals surface area contributed by atoms with Crippen molar-refractivity contribution in [3.63, 3.8) is 0 Å². The number of anilines is 1. The molecule has 0 saturated heterocycles. The van der Waals surface area contributed by atoms with E-state index < -0.39 is 0 Å². The van der Waals surface area contributed by atoms with E-state index in [0.29, 0.717) is 34.3 Å². The number of rotatable bonds is 3. The van der Waals surface area contributed by atoms with E-state index in [4.69, 9.17) is 16.3 Å². The molecule has 0 radical (unpaired) electrons. The first-order chi connectivity index (χ1) is 14.1. The van der Waals surface area contributed by atoms with Gasteiger partial charge in [-0.3, -0.25) is 0 Å². The van der Waals surface area contributed by atoms with Crippen molar-refractivity contribution in [3.8, 4) is 11.8 Å². The average molecular weight is 405 g/mol. The van der Waals surface area contributed by atoms with Crippen LogP contribution in [0.1, 0.15) is 16.8 Å². The molecule has 0 bridgehead atoms. The van der Waals surface area contributed by atoms with Crippen LogP contribution in [-0.2, 0) is 6.54 Å². The summed E-state index contributed by atoms with van der Waals surface area (Å²) in [5.41, 5.74) is 6.97. The van der Waals surface area contributed by atoms with Crippen LogP contribution in [0, 0.1) is 18.3 Å². The molecule has 0 amide bonds. The molecule has 7 nitrogen and oxygen atoms in total. The van der Waals surface area contributed by atoms with E-state index >= 15 is 0 Å². The summed E-state index contributed by atoms with van der Waals surface area (Å²) in [6, 6.07) is 16.9. The van der Waals surface area contributed by atoms with E-state index in [1.165, 1.54) is 0 Å². The van der Waals surface area contributed by atoms with Crippen LogP contribution in [0.4, 0.5) is 11.6 Å². The maximum atomic E-state index is 9.73. The zero-order valence-electron chi connectivity index (χ0n) is 15.8. The number of fused-ring (bicyclic) bond motifs is 1. The summed E-state index contributed by atoms with van der Waals surface area (Å²) in [7, 11) is 1.61. The molecule has 4 rings (SSSR count). The molecule has 0 aliphatic carbocycles. The maximum absolute atomic E-state index is 9.73. The lowest BCUT2D eigenvalue weighted by molar-refractivity contribution is 0.415. The number of halogens is 1. The Morgan fingerprint density at radius 2 is 1.90 bits per heavy atom. The molecule has 144 valence electrons. The smallest absolute Gasteiger partial charge is 0.226 e. The number of methoxy groups -OCH3 is 1. The lowest BCUT2D eigenvalue weighted by Crippen LogP contribution is -2.29. The first kappa shape index (κ1) is 18.7. The molecule has 1 aromatic heterocycles. The minimum Gasteiger partial charge on any atom is -0.497 e. The Morgan fingerprint density at radius 1 is 1.17 bits per heavy atom. The van der Waals surface area contributed by atoms with Crippen LogP contribution < -0.4 is 15.7 Å². The van der Waals surface area contributed by atoms with E-state index in [0.717, 1.165) is 22.7 Å². The third-order valence-corrected chi connectivity index (χ3v) is 4.91. The lowest BCUT2D eigenvalue weighted by Gasteiger charge is -2.22. The van der Waals surface area contributed by atoms with Crippen LogP contribution in [0.25, 0.3) is 0 Å². The number of nitrogens with zero attached hydrogens (tertiary/aromatic N) is 5. The summed E-state index contributed by atoms with van der Waals surface area (Å²) < 4.78 is 7.08. The molecule has 8 heteroatoms. The third-order valence-electron chi connectivity index (χ3n) is 4.65. The molecule has 2 heterocycles. The van der Waals surface area contributed by atoms with Gasteiger partial charge in [-0.15, -0.1) is 0 Å². The first-order valence-corrected chi connectivity index (χ1v) is 9.25. The van der Waals surface area contributed by atoms with Gasteiger partial charge in [-0.1, -0.05) is 23.7 Å². The number of hydrogen-bond donors (Lipinski definition) is 1. The van der Waals surface area contributed by atoms with Gasteiger partial charge in [0.15, 0.2) is 5.49 Å². The highest BCUT2D eigenvalue weighted by molar-refractivity contribution is 6.30. The number of nitriles is 1. The number of hydrazone groups is 1. The van der Waals surface area contributed by atoms with Crippen molar-refractivity contribution < 1.29 is 4.74 Å². The van der Waals surface area contributed by atoms with E-state index in [9.17, 15) is 5.26 Å². The van der Waals surface area contributed by atoms with Gasteiger partial charge in [-0.2, -0.15) is 15.3 Å². The van der Waals surface area contributed by atoms with Gasteiger partial charge in [0, 0.05) is 10.7 Å². The molecule has 0 atom stereocenters. The summed E-state index contributed by atoms with van der Waals surface area (Å²) in [4.78, 5) is 9.07. The van der Waals surface area contributed by atoms with Crippen molar-refractivity contribution in [2.24, 2.45) is 10.1 Å². The summed E-state index contributed by atoms with van der Waals surface area (Å²) in [6.07, 6.45) is 0. The van der Waals surface area contributed by atoms with Crippen LogP contribution in [0.3, 0.4) is 0 Å². The van der Waals surface area contributed by atoms with Gasteiger partial charge in [-0.25, -0.2) is 10.4 Å². The topological polar surface area (TPSA) is 87.6 Å². The maximum Gasteiger partial charge on any atom is 0.226 e. The second kappa shape index (κ2) is 7.78. The summed E-state index contributed by atoms with van der Waals surface area (Å²) in [5.74, 6) is 1.27. The fourth-order valence-electron chi connectivity index (χ4n) is 3.04. The van der Waals surface area contributed by atoms with Crippen molar-refractivity contribution >= 4 is 28.9 Å². The molecular formula is C21H17ClN6O. The van der Waals surface area contributed by atoms with Crippen LogP contribution in [0.2, 0.25) is 5.02 Å². The largest absolute Gasteiger partial charge is 0.497 e. The van der Waals surface area contributed by atoms with Gasteiger partial charge in [0.25, 0.3) is 0 Å². The van der Waals surface area contributed by atoms with E-state index in [-0.39, 0.29) is 0 Å². The second-order valence-corrected chi connectivity index (χ2v) is 6.84. The summed E-state index contributed by atoms with van der Waals surface area (Å²) in [5, 5.41) is 14.8. The molecule has 0 spiro atoms. The fraction of sp³-hybridized carbons (Fsp3) is 0.143. The summed E-state index contributed by atoms with van der Waals surface area (Å²) in [6.45, 7) is 2.36. The van der Waals surface area contributed by atoms with Gasteiger partial charge < -0.3 is 9.30 Å². The molecular weight excluding hydrogens is 388 g/mol. The molecule has 1 aliphatic heterocycles. The minimum atomic E-state index is 0.346. The molecule has 2 aromatic carbocycles. The van der Waals surface area contributed by atoms with Crippen LogP contribution in [-0.4, -0.2) is 22.4 Å². The summed E-state index contributed by atoms with van der Waals surface area (Å²) >= 11 is 5.97. The van der Waals surface area contributed by atoms with Crippen molar-refractivity contribution in [1.82, 2.24) is 9.55 Å². The number of benzene rings is 2. The number of nitrogens with one attached hydrogen (secondary N) is 1. The van der Waals surface area contributed by atoms with Crippen molar-refractivity contribution in [1.29, 1.82) is 5.26 Å². The van der Waals surface area contributed by atoms with Gasteiger partial charge >= 0.3 is 0 Å². The Balaban J connectivity index is 1.75. The Hall–Kier alpha value is -3.63. The lowest BCUT2D eigenvalue weighted by atomic mass is 10.1. The molecule has 3 aromatic rings. The molecule has 0 unspecified atom stereocenters. The number of hydrogen-bond acceptors (Lipinski definition) is 6.